The van der Waals surface area contributed by atoms with Gasteiger partial charge in [0, 0.05) is 5.70 Å². The number of sulfone groups is 1. The first-order chi connectivity index (χ1) is 15.8. The third-order valence-electron chi connectivity index (χ3n) is 4.91. The van der Waals surface area contributed by atoms with Crippen molar-refractivity contribution in [3.63, 3.8) is 0 Å². The van der Waals surface area contributed by atoms with E-state index in [2.05, 4.69) is 10.6 Å². The summed E-state index contributed by atoms with van der Waals surface area (Å²) in [5.74, 6) is -0.411. The van der Waals surface area contributed by atoms with Crippen LogP contribution in [0.15, 0.2) is 64.7 Å². The fourth-order valence-electron chi connectivity index (χ4n) is 3.47. The Kier molecular flexibility index (Phi) is 7.59. The third-order valence-corrected chi connectivity index (χ3v) is 6.57. The van der Waals surface area contributed by atoms with Gasteiger partial charge in [-0.25, -0.2) is 18.0 Å². The van der Waals surface area contributed by atoms with E-state index in [1.54, 1.807) is 43.3 Å². The molecule has 1 aliphatic rings. The molecule has 176 valence electrons. The zero-order chi connectivity index (χ0) is 24.0. The molecule has 0 aliphatic carbocycles. The molecule has 1 aliphatic heterocycles. The van der Waals surface area contributed by atoms with Gasteiger partial charge in [-0.3, -0.25) is 0 Å². The Labute approximate surface area is 192 Å². The van der Waals surface area contributed by atoms with Gasteiger partial charge in [-0.1, -0.05) is 24.3 Å². The highest BCUT2D eigenvalue weighted by Crippen LogP contribution is 2.35. The number of benzene rings is 2. The Morgan fingerprint density at radius 3 is 2.39 bits per heavy atom. The highest BCUT2D eigenvalue weighted by Gasteiger charge is 2.36. The fourth-order valence-corrected chi connectivity index (χ4v) is 4.82. The number of carbonyl (C=O) groups is 2. The molecule has 0 unspecified atom stereocenters. The van der Waals surface area contributed by atoms with Gasteiger partial charge >= 0.3 is 12.0 Å². The number of hydrogen-bond donors (Lipinski definition) is 2. The fraction of sp³-hybridized carbons (Fsp3) is 0.304. The quantitative estimate of drug-likeness (QED) is 0.536. The van der Waals surface area contributed by atoms with Crippen molar-refractivity contribution in [1.82, 2.24) is 10.6 Å². The minimum Gasteiger partial charge on any atom is -0.493 e. The summed E-state index contributed by atoms with van der Waals surface area (Å²) in [7, 11) is -2.38. The molecular formula is C23H26N2O7S. The van der Waals surface area contributed by atoms with E-state index in [-0.39, 0.29) is 22.8 Å². The van der Waals surface area contributed by atoms with Gasteiger partial charge in [0.1, 0.15) is 0 Å². The summed E-state index contributed by atoms with van der Waals surface area (Å²) < 4.78 is 42.1. The summed E-state index contributed by atoms with van der Waals surface area (Å²) >= 11 is 0. The molecule has 2 aromatic rings. The van der Waals surface area contributed by atoms with E-state index in [1.807, 2.05) is 6.92 Å². The van der Waals surface area contributed by atoms with Crippen LogP contribution >= 0.6 is 0 Å². The summed E-state index contributed by atoms with van der Waals surface area (Å²) in [6.45, 7) is 3.98. The Balaban J connectivity index is 2.11. The normalized spacial score (nSPS) is 16.0. The van der Waals surface area contributed by atoms with Crippen LogP contribution in [0, 0.1) is 0 Å². The monoisotopic (exact) mass is 474 g/mol. The van der Waals surface area contributed by atoms with Crippen LogP contribution in [0.5, 0.6) is 11.5 Å². The van der Waals surface area contributed by atoms with E-state index >= 15 is 0 Å². The molecule has 9 nitrogen and oxygen atoms in total. The average Bonchev–Trinajstić information content (AvgIpc) is 2.79. The number of hydrogen-bond acceptors (Lipinski definition) is 7. The first kappa shape index (κ1) is 24.1. The Hall–Kier alpha value is -3.53. The lowest BCUT2D eigenvalue weighted by Crippen LogP contribution is -2.47. The molecule has 0 saturated carbocycles. The van der Waals surface area contributed by atoms with Crippen LogP contribution in [-0.4, -0.2) is 46.5 Å². The number of methoxy groups -OCH3 is 1. The van der Waals surface area contributed by atoms with Gasteiger partial charge in [0.2, 0.25) is 0 Å². The van der Waals surface area contributed by atoms with Crippen LogP contribution < -0.4 is 20.1 Å². The van der Waals surface area contributed by atoms with Crippen LogP contribution in [0.25, 0.3) is 0 Å². The predicted octanol–water partition coefficient (Wildman–Crippen LogP) is 2.74. The standard InChI is InChI=1S/C23H26N2O7S/c1-4-31-18-12-11-15(13-19(18)30-3)21-20(22(26)32-5-2)17(24-23(27)25-21)14-33(28,29)16-9-7-6-8-10-16/h6-13,21H,4-5,14H2,1-3H3,(H2,24,25,27)/t21-/m1/s1. The highest BCUT2D eigenvalue weighted by molar-refractivity contribution is 7.91. The molecule has 2 N–H and O–H groups in total. The highest BCUT2D eigenvalue weighted by atomic mass is 32.2. The molecule has 0 bridgehead atoms. The van der Waals surface area contributed by atoms with Gasteiger partial charge in [0.25, 0.3) is 0 Å². The van der Waals surface area contributed by atoms with E-state index in [0.717, 1.165) is 0 Å². The van der Waals surface area contributed by atoms with Crippen LogP contribution in [0.1, 0.15) is 25.5 Å². The summed E-state index contributed by atoms with van der Waals surface area (Å²) in [6, 6.07) is 11.2. The number of carbonyl (C=O) groups excluding carboxylic acids is 2. The number of urea groups is 1. The molecular weight excluding hydrogens is 448 g/mol. The van der Waals surface area contributed by atoms with E-state index < -0.39 is 33.6 Å². The minimum atomic E-state index is -3.85. The maximum absolute atomic E-state index is 13.0. The first-order valence-electron chi connectivity index (χ1n) is 10.4. The van der Waals surface area contributed by atoms with Gasteiger partial charge in [-0.2, -0.15) is 0 Å². The zero-order valence-corrected chi connectivity index (χ0v) is 19.4. The Morgan fingerprint density at radius 1 is 1.03 bits per heavy atom. The summed E-state index contributed by atoms with van der Waals surface area (Å²) in [5, 5.41) is 5.17. The lowest BCUT2D eigenvalue weighted by Gasteiger charge is -2.29. The van der Waals surface area contributed by atoms with Crippen molar-refractivity contribution in [3.8, 4) is 11.5 Å². The molecule has 0 fully saturated rings. The second-order valence-corrected chi connectivity index (χ2v) is 9.05. The van der Waals surface area contributed by atoms with Crippen LogP contribution in [0.4, 0.5) is 4.79 Å². The SMILES string of the molecule is CCOC(=O)C1=C(CS(=O)(=O)c2ccccc2)NC(=O)N[C@@H]1c1ccc(OCC)c(OC)c1. The molecule has 0 radical (unpaired) electrons. The second-order valence-electron chi connectivity index (χ2n) is 7.06. The molecule has 2 amide bonds. The van der Waals surface area contributed by atoms with Crippen molar-refractivity contribution in [2.24, 2.45) is 0 Å². The molecule has 1 atom stereocenters. The van der Waals surface area contributed by atoms with Crippen molar-refractivity contribution >= 4 is 21.8 Å². The molecule has 10 heteroatoms. The average molecular weight is 475 g/mol. The maximum atomic E-state index is 13.0. The topological polar surface area (TPSA) is 120 Å². The Morgan fingerprint density at radius 2 is 1.76 bits per heavy atom. The summed E-state index contributed by atoms with van der Waals surface area (Å²) in [5.41, 5.74) is 0.462. The third kappa shape index (κ3) is 5.46. The van der Waals surface area contributed by atoms with E-state index in [9.17, 15) is 18.0 Å². The number of rotatable bonds is 9. The number of esters is 1. The molecule has 3 rings (SSSR count). The molecule has 0 saturated heterocycles. The molecule has 33 heavy (non-hydrogen) atoms. The lowest BCUT2D eigenvalue weighted by atomic mass is 9.95. The van der Waals surface area contributed by atoms with Gasteiger partial charge < -0.3 is 24.8 Å². The lowest BCUT2D eigenvalue weighted by molar-refractivity contribution is -0.139. The Bertz CT molecular complexity index is 1160. The molecule has 2 aromatic carbocycles. The number of amides is 2. The predicted molar refractivity (Wildman–Crippen MR) is 121 cm³/mol. The van der Waals surface area contributed by atoms with Gasteiger partial charge in [0.05, 0.1) is 42.6 Å². The van der Waals surface area contributed by atoms with E-state index in [1.165, 1.54) is 19.2 Å². The van der Waals surface area contributed by atoms with E-state index in [0.29, 0.717) is 23.7 Å². The van der Waals surface area contributed by atoms with Gasteiger partial charge in [-0.15, -0.1) is 0 Å². The van der Waals surface area contributed by atoms with Crippen LogP contribution in [0.3, 0.4) is 0 Å². The van der Waals surface area contributed by atoms with Crippen molar-refractivity contribution < 1.29 is 32.2 Å². The zero-order valence-electron chi connectivity index (χ0n) is 18.6. The largest absolute Gasteiger partial charge is 0.493 e. The summed E-state index contributed by atoms with van der Waals surface area (Å²) in [6.07, 6.45) is 0. The van der Waals surface area contributed by atoms with Crippen molar-refractivity contribution in [2.75, 3.05) is 26.1 Å². The first-order valence-corrected chi connectivity index (χ1v) is 12.0. The summed E-state index contributed by atoms with van der Waals surface area (Å²) in [4.78, 5) is 25.5. The van der Waals surface area contributed by atoms with Crippen molar-refractivity contribution in [1.29, 1.82) is 0 Å². The maximum Gasteiger partial charge on any atom is 0.338 e. The number of ether oxygens (including phenoxy) is 3. The van der Waals surface area contributed by atoms with Crippen LogP contribution in [-0.2, 0) is 19.4 Å². The molecule has 0 aromatic heterocycles. The molecule has 0 spiro atoms. The molecule has 1 heterocycles. The van der Waals surface area contributed by atoms with Crippen molar-refractivity contribution in [2.45, 2.75) is 24.8 Å². The minimum absolute atomic E-state index is 0.00201. The second kappa shape index (κ2) is 10.4. The van der Waals surface area contributed by atoms with Crippen LogP contribution in [0.2, 0.25) is 0 Å². The smallest absolute Gasteiger partial charge is 0.338 e. The number of nitrogens with one attached hydrogen (secondary N) is 2. The van der Waals surface area contributed by atoms with Gasteiger partial charge in [-0.05, 0) is 43.7 Å². The van der Waals surface area contributed by atoms with Gasteiger partial charge in [0.15, 0.2) is 21.3 Å². The van der Waals surface area contributed by atoms with E-state index in [4.69, 9.17) is 14.2 Å². The van der Waals surface area contributed by atoms with Crippen molar-refractivity contribution in [3.05, 3.63) is 65.4 Å².